The molecule has 4 aromatic rings. The number of aromatic nitrogens is 3. The van der Waals surface area contributed by atoms with Crippen LogP contribution in [0, 0.1) is 24.2 Å². The van der Waals surface area contributed by atoms with E-state index in [2.05, 4.69) is 70.6 Å². The van der Waals surface area contributed by atoms with Gasteiger partial charge in [-0.1, -0.05) is 19.1 Å². The first-order chi connectivity index (χ1) is 16.1. The van der Waals surface area contributed by atoms with Gasteiger partial charge in [0.1, 0.15) is 0 Å². The van der Waals surface area contributed by atoms with Gasteiger partial charge in [0.15, 0.2) is 5.82 Å². The Labute approximate surface area is 194 Å². The highest BCUT2D eigenvalue weighted by Gasteiger charge is 2.24. The van der Waals surface area contributed by atoms with Crippen LogP contribution < -0.4 is 4.90 Å². The van der Waals surface area contributed by atoms with Crippen molar-refractivity contribution in [2.24, 2.45) is 5.92 Å². The summed E-state index contributed by atoms with van der Waals surface area (Å²) in [5.74, 6) is 1.72. The molecule has 6 rings (SSSR count). The van der Waals surface area contributed by atoms with Crippen LogP contribution in [0.3, 0.4) is 0 Å². The number of nitrogens with zero attached hydrogens (tertiary/aromatic N) is 5. The molecular formula is C28H27N5. The molecule has 0 N–H and O–H groups in total. The predicted octanol–water partition coefficient (Wildman–Crippen LogP) is 5.79. The summed E-state index contributed by atoms with van der Waals surface area (Å²) in [5.41, 5.74) is 8.91. The average molecular weight is 434 g/mol. The van der Waals surface area contributed by atoms with Gasteiger partial charge in [-0.3, -0.25) is 4.57 Å². The van der Waals surface area contributed by atoms with E-state index in [-0.39, 0.29) is 0 Å². The van der Waals surface area contributed by atoms with Crippen molar-refractivity contribution in [3.63, 3.8) is 0 Å². The van der Waals surface area contributed by atoms with Crippen LogP contribution in [0.15, 0.2) is 60.9 Å². The fourth-order valence-corrected chi connectivity index (χ4v) is 5.32. The largest absolute Gasteiger partial charge is 0.371 e. The van der Waals surface area contributed by atoms with Crippen LogP contribution in [0.2, 0.25) is 0 Å². The number of nitriles is 1. The van der Waals surface area contributed by atoms with Gasteiger partial charge in [0, 0.05) is 43.3 Å². The minimum Gasteiger partial charge on any atom is -0.371 e. The highest BCUT2D eigenvalue weighted by Crippen LogP contribution is 2.36. The molecule has 0 radical (unpaired) electrons. The first-order valence-corrected chi connectivity index (χ1v) is 11.7. The zero-order chi connectivity index (χ0) is 22.5. The van der Waals surface area contributed by atoms with Crippen molar-refractivity contribution in [3.05, 3.63) is 77.7 Å². The molecule has 0 saturated carbocycles. The lowest BCUT2D eigenvalue weighted by molar-refractivity contribution is 0.447. The van der Waals surface area contributed by atoms with E-state index in [0.29, 0.717) is 5.56 Å². The topological polar surface area (TPSA) is 49.8 Å². The number of imidazole rings is 1. The number of benzene rings is 2. The average Bonchev–Trinajstić information content (AvgIpc) is 3.40. The number of piperidine rings is 1. The van der Waals surface area contributed by atoms with Gasteiger partial charge in [-0.25, -0.2) is 4.98 Å². The standard InChI is InChI=1S/C28H27N5/c1-19-4-3-11-31(15-19)25-9-10-26-24(12-25)18-32-17-23(22-7-5-21(14-29)6-8-22)13-27(32)28-30-20(2)16-33(26)28/h5-10,12-13,16-17,19H,3-4,11,15,18H2,1-2H3. The first kappa shape index (κ1) is 19.9. The van der Waals surface area contributed by atoms with Gasteiger partial charge >= 0.3 is 0 Å². The van der Waals surface area contributed by atoms with Gasteiger partial charge in [-0.05, 0) is 73.2 Å². The third-order valence-electron chi connectivity index (χ3n) is 6.98. The molecule has 2 aromatic carbocycles. The third kappa shape index (κ3) is 3.43. The van der Waals surface area contributed by atoms with Gasteiger partial charge in [-0.2, -0.15) is 5.26 Å². The summed E-state index contributed by atoms with van der Waals surface area (Å²) in [6, 6.07) is 19.1. The molecule has 1 fully saturated rings. The van der Waals surface area contributed by atoms with E-state index in [1.54, 1.807) is 0 Å². The molecule has 164 valence electrons. The van der Waals surface area contributed by atoms with Crippen molar-refractivity contribution in [1.82, 2.24) is 14.1 Å². The molecule has 1 saturated heterocycles. The first-order valence-electron chi connectivity index (χ1n) is 11.7. The molecule has 2 aliphatic rings. The van der Waals surface area contributed by atoms with E-state index in [0.717, 1.165) is 53.9 Å². The summed E-state index contributed by atoms with van der Waals surface area (Å²) in [5, 5.41) is 9.13. The number of hydrogen-bond donors (Lipinski definition) is 0. The van der Waals surface area contributed by atoms with Crippen LogP contribution in [-0.2, 0) is 6.54 Å². The van der Waals surface area contributed by atoms with Gasteiger partial charge < -0.3 is 9.47 Å². The molecule has 0 spiro atoms. The molecular weight excluding hydrogens is 406 g/mol. The van der Waals surface area contributed by atoms with Crippen LogP contribution in [0.4, 0.5) is 5.69 Å². The van der Waals surface area contributed by atoms with Crippen LogP contribution in [0.5, 0.6) is 0 Å². The van der Waals surface area contributed by atoms with Gasteiger partial charge in [-0.15, -0.1) is 0 Å². The number of aryl methyl sites for hydroxylation is 1. The number of fused-ring (bicyclic) bond motifs is 5. The Morgan fingerprint density at radius 2 is 1.88 bits per heavy atom. The molecule has 5 heteroatoms. The highest BCUT2D eigenvalue weighted by molar-refractivity contribution is 5.72. The molecule has 1 atom stereocenters. The molecule has 4 heterocycles. The second-order valence-electron chi connectivity index (χ2n) is 9.51. The second kappa shape index (κ2) is 7.67. The summed E-state index contributed by atoms with van der Waals surface area (Å²) in [6.07, 6.45) is 6.94. The normalized spacial score (nSPS) is 17.0. The van der Waals surface area contributed by atoms with E-state index in [4.69, 9.17) is 10.2 Å². The van der Waals surface area contributed by atoms with Crippen LogP contribution in [0.25, 0.3) is 28.3 Å². The summed E-state index contributed by atoms with van der Waals surface area (Å²) in [7, 11) is 0. The van der Waals surface area contributed by atoms with Gasteiger partial charge in [0.25, 0.3) is 0 Å². The van der Waals surface area contributed by atoms with Crippen molar-refractivity contribution in [1.29, 1.82) is 5.26 Å². The van der Waals surface area contributed by atoms with E-state index in [1.807, 2.05) is 24.3 Å². The van der Waals surface area contributed by atoms with Crippen molar-refractivity contribution < 1.29 is 0 Å². The van der Waals surface area contributed by atoms with E-state index in [1.165, 1.54) is 29.8 Å². The second-order valence-corrected chi connectivity index (χ2v) is 9.51. The SMILES string of the molecule is Cc1cn2c(n1)-c1cc(-c3ccc(C#N)cc3)cn1Cc1cc(N3CCCC(C)C3)ccc1-2. The van der Waals surface area contributed by atoms with Crippen molar-refractivity contribution >= 4 is 5.69 Å². The lowest BCUT2D eigenvalue weighted by Crippen LogP contribution is -2.34. The maximum atomic E-state index is 9.13. The van der Waals surface area contributed by atoms with E-state index in [9.17, 15) is 0 Å². The Kier molecular flexibility index (Phi) is 4.62. The zero-order valence-corrected chi connectivity index (χ0v) is 19.1. The zero-order valence-electron chi connectivity index (χ0n) is 19.1. The summed E-state index contributed by atoms with van der Waals surface area (Å²) in [4.78, 5) is 7.44. The van der Waals surface area contributed by atoms with Crippen LogP contribution >= 0.6 is 0 Å². The smallest absolute Gasteiger partial charge is 0.161 e. The molecule has 2 aromatic heterocycles. The molecule has 2 aliphatic heterocycles. The van der Waals surface area contributed by atoms with Crippen molar-refractivity contribution in [3.8, 4) is 34.4 Å². The maximum Gasteiger partial charge on any atom is 0.161 e. The molecule has 5 nitrogen and oxygen atoms in total. The summed E-state index contributed by atoms with van der Waals surface area (Å²) < 4.78 is 4.56. The van der Waals surface area contributed by atoms with Crippen molar-refractivity contribution in [2.45, 2.75) is 33.2 Å². The molecule has 0 bridgehead atoms. The van der Waals surface area contributed by atoms with Gasteiger partial charge in [0.05, 0.1) is 28.7 Å². The number of anilines is 1. The monoisotopic (exact) mass is 433 g/mol. The van der Waals surface area contributed by atoms with E-state index >= 15 is 0 Å². The predicted molar refractivity (Wildman–Crippen MR) is 132 cm³/mol. The summed E-state index contributed by atoms with van der Waals surface area (Å²) in [6.45, 7) is 7.48. The Balaban J connectivity index is 1.45. The number of hydrogen-bond acceptors (Lipinski definition) is 3. The van der Waals surface area contributed by atoms with Crippen LogP contribution in [0.1, 0.15) is 36.6 Å². The minimum absolute atomic E-state index is 0.680. The fraction of sp³-hybridized carbons (Fsp3) is 0.286. The molecule has 1 unspecified atom stereocenters. The van der Waals surface area contributed by atoms with Crippen molar-refractivity contribution in [2.75, 3.05) is 18.0 Å². The molecule has 33 heavy (non-hydrogen) atoms. The molecule has 0 amide bonds. The maximum absolute atomic E-state index is 9.13. The summed E-state index contributed by atoms with van der Waals surface area (Å²) >= 11 is 0. The fourth-order valence-electron chi connectivity index (χ4n) is 5.32. The lowest BCUT2D eigenvalue weighted by Gasteiger charge is -2.33. The van der Waals surface area contributed by atoms with Crippen LogP contribution in [-0.4, -0.2) is 27.2 Å². The lowest BCUT2D eigenvalue weighted by atomic mass is 9.99. The number of rotatable bonds is 2. The molecule has 0 aliphatic carbocycles. The van der Waals surface area contributed by atoms with Gasteiger partial charge in [0.2, 0.25) is 0 Å². The Morgan fingerprint density at radius 3 is 2.67 bits per heavy atom. The van der Waals surface area contributed by atoms with E-state index < -0.39 is 0 Å². The minimum atomic E-state index is 0.680. The Bertz CT molecular complexity index is 1380. The Morgan fingerprint density at radius 1 is 1.03 bits per heavy atom. The Hall–Kier alpha value is -3.78. The quantitative estimate of drug-likeness (QED) is 0.354. The third-order valence-corrected chi connectivity index (χ3v) is 6.98. The highest BCUT2D eigenvalue weighted by atomic mass is 15.2.